The molecule has 1 aromatic heterocycles. The molecule has 130 valence electrons. The second-order valence-electron chi connectivity index (χ2n) is 7.26. The molecule has 2 aliphatic rings. The van der Waals surface area contributed by atoms with E-state index in [0.717, 1.165) is 22.5 Å². The van der Waals surface area contributed by atoms with Gasteiger partial charge in [-0.25, -0.2) is 0 Å². The number of benzene rings is 1. The molecule has 0 spiro atoms. The van der Waals surface area contributed by atoms with Gasteiger partial charge in [0.15, 0.2) is 0 Å². The standard InChI is InChI=1S/C21H24N2O2/c1-14-10-18(11-15(2)22-14)21(24)23-12-19(16-6-4-3-5-7-16)25-20(13-23)17-8-9-17/h3-7,10-11,17,19-20H,8-9,12-13H2,1-2H3/t19-,20+/m0/s1. The van der Waals surface area contributed by atoms with Gasteiger partial charge in [0.1, 0.15) is 6.10 Å². The van der Waals surface area contributed by atoms with Crippen molar-refractivity contribution in [1.29, 1.82) is 0 Å². The largest absolute Gasteiger partial charge is 0.366 e. The van der Waals surface area contributed by atoms with Gasteiger partial charge in [0.25, 0.3) is 5.91 Å². The van der Waals surface area contributed by atoms with E-state index in [-0.39, 0.29) is 18.1 Å². The number of nitrogens with zero attached hydrogens (tertiary/aromatic N) is 2. The van der Waals surface area contributed by atoms with Gasteiger partial charge in [-0.2, -0.15) is 0 Å². The van der Waals surface area contributed by atoms with Crippen LogP contribution in [0.2, 0.25) is 0 Å². The van der Waals surface area contributed by atoms with E-state index in [1.54, 1.807) is 0 Å². The second-order valence-corrected chi connectivity index (χ2v) is 7.26. The van der Waals surface area contributed by atoms with Gasteiger partial charge >= 0.3 is 0 Å². The van der Waals surface area contributed by atoms with Crippen molar-refractivity contribution in [2.45, 2.75) is 38.9 Å². The highest BCUT2D eigenvalue weighted by Gasteiger charge is 2.40. The lowest BCUT2D eigenvalue weighted by atomic mass is 10.0. The molecule has 1 aliphatic heterocycles. The smallest absolute Gasteiger partial charge is 0.254 e. The van der Waals surface area contributed by atoms with Gasteiger partial charge in [-0.15, -0.1) is 0 Å². The first-order valence-electron chi connectivity index (χ1n) is 9.05. The number of aryl methyl sites for hydroxylation is 2. The summed E-state index contributed by atoms with van der Waals surface area (Å²) in [6.45, 7) is 5.16. The summed E-state index contributed by atoms with van der Waals surface area (Å²) in [5.41, 5.74) is 3.64. The minimum Gasteiger partial charge on any atom is -0.366 e. The Morgan fingerprint density at radius 3 is 2.40 bits per heavy atom. The fourth-order valence-electron chi connectivity index (χ4n) is 3.68. The van der Waals surface area contributed by atoms with Crippen LogP contribution in [0.1, 0.15) is 46.3 Å². The number of morpholine rings is 1. The molecule has 4 rings (SSSR count). The molecule has 0 unspecified atom stereocenters. The summed E-state index contributed by atoms with van der Waals surface area (Å²) in [7, 11) is 0. The number of hydrogen-bond donors (Lipinski definition) is 0. The SMILES string of the molecule is Cc1cc(C(=O)N2C[C@@H](c3ccccc3)O[C@@H](C3CC3)C2)cc(C)n1. The zero-order chi connectivity index (χ0) is 17.4. The van der Waals surface area contributed by atoms with Crippen molar-refractivity contribution in [3.8, 4) is 0 Å². The first-order chi connectivity index (χ1) is 12.1. The van der Waals surface area contributed by atoms with Crippen LogP contribution in [0.4, 0.5) is 0 Å². The van der Waals surface area contributed by atoms with Crippen LogP contribution in [-0.2, 0) is 4.74 Å². The molecule has 1 saturated heterocycles. The Morgan fingerprint density at radius 1 is 1.08 bits per heavy atom. The van der Waals surface area contributed by atoms with Crippen LogP contribution < -0.4 is 0 Å². The Hall–Kier alpha value is -2.20. The number of aromatic nitrogens is 1. The summed E-state index contributed by atoms with van der Waals surface area (Å²) >= 11 is 0. The molecule has 0 N–H and O–H groups in total. The number of ether oxygens (including phenoxy) is 1. The number of amides is 1. The summed E-state index contributed by atoms with van der Waals surface area (Å²) in [6, 6.07) is 14.0. The van der Waals surface area contributed by atoms with Crippen LogP contribution >= 0.6 is 0 Å². The quantitative estimate of drug-likeness (QED) is 0.858. The third-order valence-electron chi connectivity index (χ3n) is 5.06. The minimum absolute atomic E-state index is 0.0477. The maximum Gasteiger partial charge on any atom is 0.254 e. The van der Waals surface area contributed by atoms with Gasteiger partial charge in [0.05, 0.1) is 12.6 Å². The van der Waals surface area contributed by atoms with Crippen molar-refractivity contribution >= 4 is 5.91 Å². The average Bonchev–Trinajstić information content (AvgIpc) is 3.46. The number of hydrogen-bond acceptors (Lipinski definition) is 3. The summed E-state index contributed by atoms with van der Waals surface area (Å²) in [5, 5.41) is 0. The molecule has 2 atom stereocenters. The van der Waals surface area contributed by atoms with Crippen LogP contribution in [-0.4, -0.2) is 35.0 Å². The van der Waals surface area contributed by atoms with E-state index < -0.39 is 0 Å². The van der Waals surface area contributed by atoms with E-state index >= 15 is 0 Å². The highest BCUT2D eigenvalue weighted by molar-refractivity contribution is 5.94. The molecule has 2 fully saturated rings. The summed E-state index contributed by atoms with van der Waals surface area (Å²) in [6.07, 6.45) is 2.52. The summed E-state index contributed by atoms with van der Waals surface area (Å²) in [5.74, 6) is 0.686. The first-order valence-corrected chi connectivity index (χ1v) is 9.05. The maximum absolute atomic E-state index is 13.1. The molecule has 4 nitrogen and oxygen atoms in total. The number of rotatable bonds is 3. The lowest BCUT2D eigenvalue weighted by Crippen LogP contribution is -2.47. The third kappa shape index (κ3) is 3.59. The Kier molecular flexibility index (Phi) is 4.30. The monoisotopic (exact) mass is 336 g/mol. The lowest BCUT2D eigenvalue weighted by Gasteiger charge is -2.38. The average molecular weight is 336 g/mol. The minimum atomic E-state index is -0.0477. The molecule has 1 saturated carbocycles. The number of carbonyl (C=O) groups is 1. The molecule has 1 aliphatic carbocycles. The van der Waals surface area contributed by atoms with Gasteiger partial charge in [-0.05, 0) is 50.3 Å². The van der Waals surface area contributed by atoms with Crippen molar-refractivity contribution in [3.05, 3.63) is 65.0 Å². The van der Waals surface area contributed by atoms with Gasteiger partial charge in [-0.3, -0.25) is 9.78 Å². The van der Waals surface area contributed by atoms with Gasteiger partial charge in [-0.1, -0.05) is 30.3 Å². The molecule has 0 bridgehead atoms. The van der Waals surface area contributed by atoms with E-state index in [4.69, 9.17) is 4.74 Å². The van der Waals surface area contributed by atoms with Crippen LogP contribution in [0.15, 0.2) is 42.5 Å². The van der Waals surface area contributed by atoms with Crippen molar-refractivity contribution in [1.82, 2.24) is 9.88 Å². The molecule has 4 heteroatoms. The third-order valence-corrected chi connectivity index (χ3v) is 5.06. The van der Waals surface area contributed by atoms with E-state index in [2.05, 4.69) is 17.1 Å². The molecular weight excluding hydrogens is 312 g/mol. The van der Waals surface area contributed by atoms with Crippen molar-refractivity contribution in [2.75, 3.05) is 13.1 Å². The Labute approximate surface area is 148 Å². The van der Waals surface area contributed by atoms with Crippen molar-refractivity contribution in [3.63, 3.8) is 0 Å². The van der Waals surface area contributed by atoms with Gasteiger partial charge < -0.3 is 9.64 Å². The van der Waals surface area contributed by atoms with Crippen LogP contribution in [0.25, 0.3) is 0 Å². The Morgan fingerprint density at radius 2 is 1.76 bits per heavy atom. The molecule has 0 radical (unpaired) electrons. The fourth-order valence-corrected chi connectivity index (χ4v) is 3.68. The number of pyridine rings is 1. The van der Waals surface area contributed by atoms with Crippen molar-refractivity contribution in [2.24, 2.45) is 5.92 Å². The molecule has 2 aromatic rings. The van der Waals surface area contributed by atoms with E-state index in [0.29, 0.717) is 19.0 Å². The summed E-state index contributed by atoms with van der Waals surface area (Å²) in [4.78, 5) is 19.5. The fraction of sp³-hybridized carbons (Fsp3) is 0.429. The maximum atomic E-state index is 13.1. The lowest BCUT2D eigenvalue weighted by molar-refractivity contribution is -0.0864. The topological polar surface area (TPSA) is 42.4 Å². The zero-order valence-corrected chi connectivity index (χ0v) is 14.8. The van der Waals surface area contributed by atoms with E-state index in [1.165, 1.54) is 12.8 Å². The Bertz CT molecular complexity index is 750. The first kappa shape index (κ1) is 16.3. The summed E-state index contributed by atoms with van der Waals surface area (Å²) < 4.78 is 6.35. The highest BCUT2D eigenvalue weighted by atomic mass is 16.5. The molecular formula is C21H24N2O2. The molecule has 1 amide bonds. The van der Waals surface area contributed by atoms with E-state index in [1.807, 2.05) is 49.1 Å². The second kappa shape index (κ2) is 6.60. The van der Waals surface area contributed by atoms with Crippen molar-refractivity contribution < 1.29 is 9.53 Å². The zero-order valence-electron chi connectivity index (χ0n) is 14.8. The normalized spacial score (nSPS) is 23.5. The predicted molar refractivity (Wildman–Crippen MR) is 96.4 cm³/mol. The Balaban J connectivity index is 1.60. The number of carbonyl (C=O) groups excluding carboxylic acids is 1. The van der Waals surface area contributed by atoms with Crippen LogP contribution in [0.3, 0.4) is 0 Å². The van der Waals surface area contributed by atoms with Crippen LogP contribution in [0.5, 0.6) is 0 Å². The predicted octanol–water partition coefficient (Wildman–Crippen LogP) is 3.69. The molecule has 25 heavy (non-hydrogen) atoms. The van der Waals surface area contributed by atoms with Crippen LogP contribution in [0, 0.1) is 19.8 Å². The van der Waals surface area contributed by atoms with E-state index in [9.17, 15) is 4.79 Å². The highest BCUT2D eigenvalue weighted by Crippen LogP contribution is 2.39. The van der Waals surface area contributed by atoms with Gasteiger partial charge in [0, 0.05) is 23.5 Å². The van der Waals surface area contributed by atoms with Gasteiger partial charge in [0.2, 0.25) is 0 Å². The molecule has 1 aromatic carbocycles. The molecule has 2 heterocycles.